The first-order chi connectivity index (χ1) is 11.1. The van der Waals surface area contributed by atoms with Crippen molar-refractivity contribution in [1.82, 2.24) is 10.6 Å². The van der Waals surface area contributed by atoms with E-state index >= 15 is 0 Å². The number of rotatable bonds is 7. The fourth-order valence-corrected chi connectivity index (χ4v) is 3.32. The molecule has 1 fully saturated rings. The van der Waals surface area contributed by atoms with Crippen molar-refractivity contribution in [2.24, 2.45) is 5.92 Å². The number of thioether (sulfide) groups is 1. The third-order valence-corrected chi connectivity index (χ3v) is 4.98. The highest BCUT2D eigenvalue weighted by Crippen LogP contribution is 2.23. The molecular formula is C17H26N2O3S. The quantitative estimate of drug-likeness (QED) is 0.802. The summed E-state index contributed by atoms with van der Waals surface area (Å²) in [7, 11) is 0. The van der Waals surface area contributed by atoms with Crippen molar-refractivity contribution < 1.29 is 14.0 Å². The zero-order valence-electron chi connectivity index (χ0n) is 13.8. The largest absolute Gasteiger partial charge is 0.459 e. The van der Waals surface area contributed by atoms with Crippen molar-refractivity contribution in [3.63, 3.8) is 0 Å². The molecule has 0 unspecified atom stereocenters. The van der Waals surface area contributed by atoms with Crippen LogP contribution in [-0.4, -0.2) is 35.9 Å². The maximum Gasteiger partial charge on any atom is 0.287 e. The lowest BCUT2D eigenvalue weighted by molar-refractivity contribution is -0.124. The monoisotopic (exact) mass is 338 g/mol. The molecular weight excluding hydrogens is 312 g/mol. The Morgan fingerprint density at radius 1 is 1.35 bits per heavy atom. The number of furan rings is 1. The van der Waals surface area contributed by atoms with Gasteiger partial charge < -0.3 is 15.1 Å². The van der Waals surface area contributed by atoms with Crippen LogP contribution in [0.1, 0.15) is 49.6 Å². The summed E-state index contributed by atoms with van der Waals surface area (Å²) in [5.41, 5.74) is 0. The van der Waals surface area contributed by atoms with Gasteiger partial charge in [-0.15, -0.1) is 0 Å². The van der Waals surface area contributed by atoms with Crippen LogP contribution < -0.4 is 10.6 Å². The zero-order chi connectivity index (χ0) is 16.7. The minimum atomic E-state index is -0.514. The highest BCUT2D eigenvalue weighted by Gasteiger charge is 2.26. The molecule has 0 aromatic carbocycles. The maximum absolute atomic E-state index is 12.5. The maximum atomic E-state index is 12.5. The highest BCUT2D eigenvalue weighted by atomic mass is 32.2. The fraction of sp³-hybridized carbons (Fsp3) is 0.647. The Hall–Kier alpha value is -1.43. The number of carbonyl (C=O) groups excluding carboxylic acids is 2. The number of nitrogens with one attached hydrogen (secondary N) is 2. The van der Waals surface area contributed by atoms with Gasteiger partial charge in [0.2, 0.25) is 5.91 Å². The molecule has 0 aliphatic heterocycles. The first kappa shape index (κ1) is 17.9. The van der Waals surface area contributed by atoms with E-state index in [0.29, 0.717) is 6.42 Å². The SMILES string of the molecule is CSCC[C@@H](NC(=O)c1ccco1)C(=O)NC1CCC(C)CC1. The van der Waals surface area contributed by atoms with Gasteiger partial charge in [0.1, 0.15) is 6.04 Å². The summed E-state index contributed by atoms with van der Waals surface area (Å²) in [4.78, 5) is 24.7. The molecule has 0 spiro atoms. The minimum absolute atomic E-state index is 0.0847. The Bertz CT molecular complexity index is 496. The van der Waals surface area contributed by atoms with Crippen LogP contribution in [0.5, 0.6) is 0 Å². The first-order valence-corrected chi connectivity index (χ1v) is 9.63. The molecule has 0 radical (unpaired) electrons. The Balaban J connectivity index is 1.90. The Kier molecular flexibility index (Phi) is 7.02. The number of carbonyl (C=O) groups is 2. The number of amides is 2. The van der Waals surface area contributed by atoms with Crippen molar-refractivity contribution >= 4 is 23.6 Å². The van der Waals surface area contributed by atoms with Crippen molar-refractivity contribution in [2.45, 2.75) is 51.1 Å². The van der Waals surface area contributed by atoms with Crippen molar-refractivity contribution in [3.8, 4) is 0 Å². The van der Waals surface area contributed by atoms with E-state index in [-0.39, 0.29) is 23.6 Å². The van der Waals surface area contributed by atoms with Gasteiger partial charge >= 0.3 is 0 Å². The molecule has 2 N–H and O–H groups in total. The van der Waals surface area contributed by atoms with E-state index in [2.05, 4.69) is 17.6 Å². The molecule has 0 saturated heterocycles. The van der Waals surface area contributed by atoms with E-state index in [0.717, 1.165) is 37.4 Å². The summed E-state index contributed by atoms with van der Waals surface area (Å²) in [5.74, 6) is 1.37. The number of hydrogen-bond donors (Lipinski definition) is 2. The lowest BCUT2D eigenvalue weighted by Gasteiger charge is -2.28. The molecule has 1 atom stereocenters. The van der Waals surface area contributed by atoms with E-state index in [4.69, 9.17) is 4.42 Å². The molecule has 0 bridgehead atoms. The van der Waals surface area contributed by atoms with Crippen LogP contribution in [-0.2, 0) is 4.79 Å². The molecule has 5 nitrogen and oxygen atoms in total. The predicted molar refractivity (Wildman–Crippen MR) is 92.5 cm³/mol. The number of hydrogen-bond acceptors (Lipinski definition) is 4. The van der Waals surface area contributed by atoms with Crippen LogP contribution in [0.4, 0.5) is 0 Å². The average molecular weight is 338 g/mol. The van der Waals surface area contributed by atoms with Gasteiger partial charge in [0.25, 0.3) is 5.91 Å². The van der Waals surface area contributed by atoms with Crippen LogP contribution in [0.15, 0.2) is 22.8 Å². The smallest absolute Gasteiger partial charge is 0.287 e. The van der Waals surface area contributed by atoms with Crippen molar-refractivity contribution in [2.75, 3.05) is 12.0 Å². The van der Waals surface area contributed by atoms with Gasteiger partial charge in [-0.1, -0.05) is 6.92 Å². The summed E-state index contributed by atoms with van der Waals surface area (Å²) >= 11 is 1.66. The van der Waals surface area contributed by atoms with E-state index in [1.165, 1.54) is 6.26 Å². The molecule has 2 amide bonds. The Labute approximate surface area is 142 Å². The summed E-state index contributed by atoms with van der Waals surface area (Å²) in [6.07, 6.45) is 8.41. The molecule has 1 aliphatic carbocycles. The molecule has 1 aromatic heterocycles. The van der Waals surface area contributed by atoms with Gasteiger partial charge in [-0.2, -0.15) is 11.8 Å². The zero-order valence-corrected chi connectivity index (χ0v) is 14.7. The van der Waals surface area contributed by atoms with E-state index in [1.54, 1.807) is 23.9 Å². The molecule has 6 heteroatoms. The van der Waals surface area contributed by atoms with Gasteiger partial charge in [-0.25, -0.2) is 0 Å². The Morgan fingerprint density at radius 3 is 2.70 bits per heavy atom. The third kappa shape index (κ3) is 5.61. The van der Waals surface area contributed by atoms with Crippen molar-refractivity contribution in [1.29, 1.82) is 0 Å². The summed E-state index contributed by atoms with van der Waals surface area (Å²) < 4.78 is 5.09. The van der Waals surface area contributed by atoms with Gasteiger partial charge in [-0.05, 0) is 62.2 Å². The van der Waals surface area contributed by atoms with E-state index in [1.807, 2.05) is 6.26 Å². The lowest BCUT2D eigenvalue weighted by Crippen LogP contribution is -2.50. The molecule has 1 aliphatic rings. The lowest BCUT2D eigenvalue weighted by atomic mass is 9.87. The van der Waals surface area contributed by atoms with E-state index < -0.39 is 6.04 Å². The first-order valence-electron chi connectivity index (χ1n) is 8.23. The van der Waals surface area contributed by atoms with Crippen LogP contribution in [0.25, 0.3) is 0 Å². The van der Waals surface area contributed by atoms with Crippen LogP contribution in [0.2, 0.25) is 0 Å². The second-order valence-electron chi connectivity index (χ2n) is 6.25. The average Bonchev–Trinajstić information content (AvgIpc) is 3.08. The third-order valence-electron chi connectivity index (χ3n) is 4.34. The second-order valence-corrected chi connectivity index (χ2v) is 7.24. The topological polar surface area (TPSA) is 71.3 Å². The summed E-state index contributed by atoms with van der Waals surface area (Å²) in [6.45, 7) is 2.25. The Morgan fingerprint density at radius 2 is 2.09 bits per heavy atom. The second kappa shape index (κ2) is 9.01. The predicted octanol–water partition coefficient (Wildman–Crippen LogP) is 2.83. The van der Waals surface area contributed by atoms with Gasteiger partial charge in [0.15, 0.2) is 5.76 Å². The highest BCUT2D eigenvalue weighted by molar-refractivity contribution is 7.98. The summed E-state index contributed by atoms with van der Waals surface area (Å²) in [5, 5.41) is 5.90. The summed E-state index contributed by atoms with van der Waals surface area (Å²) in [6, 6.07) is 2.98. The van der Waals surface area contributed by atoms with Crippen LogP contribution in [0, 0.1) is 5.92 Å². The molecule has 1 aromatic rings. The molecule has 128 valence electrons. The van der Waals surface area contributed by atoms with Crippen LogP contribution >= 0.6 is 11.8 Å². The van der Waals surface area contributed by atoms with Crippen LogP contribution in [0.3, 0.4) is 0 Å². The molecule has 2 rings (SSSR count). The van der Waals surface area contributed by atoms with Gasteiger partial charge in [0.05, 0.1) is 6.26 Å². The van der Waals surface area contributed by atoms with Gasteiger partial charge in [0, 0.05) is 6.04 Å². The molecule has 23 heavy (non-hydrogen) atoms. The standard InChI is InChI=1S/C17H26N2O3S/c1-12-5-7-13(8-6-12)18-16(20)14(9-11-23-2)19-17(21)15-4-3-10-22-15/h3-4,10,12-14H,5-9,11H2,1-2H3,(H,18,20)(H,19,21)/t12?,13?,14-/m1/s1. The fourth-order valence-electron chi connectivity index (χ4n) is 2.85. The normalized spacial score (nSPS) is 22.3. The van der Waals surface area contributed by atoms with Crippen molar-refractivity contribution in [3.05, 3.63) is 24.2 Å². The minimum Gasteiger partial charge on any atom is -0.459 e. The van der Waals surface area contributed by atoms with E-state index in [9.17, 15) is 9.59 Å². The molecule has 1 saturated carbocycles. The molecule has 1 heterocycles. The van der Waals surface area contributed by atoms with Gasteiger partial charge in [-0.3, -0.25) is 9.59 Å².